The predicted octanol–water partition coefficient (Wildman–Crippen LogP) is 5.61. The van der Waals surface area contributed by atoms with E-state index in [4.69, 9.17) is 22.1 Å². The van der Waals surface area contributed by atoms with Crippen molar-refractivity contribution in [2.45, 2.75) is 13.2 Å². The molecule has 2 N–H and O–H groups in total. The quantitative estimate of drug-likeness (QED) is 0.627. The molecule has 130 valence electrons. The lowest BCUT2D eigenvalue weighted by atomic mass is 10.0. The van der Waals surface area contributed by atoms with Crippen LogP contribution in [-0.2, 0) is 13.2 Å². The van der Waals surface area contributed by atoms with Crippen molar-refractivity contribution in [2.24, 2.45) is 5.73 Å². The van der Waals surface area contributed by atoms with Gasteiger partial charge in [-0.3, -0.25) is 0 Å². The van der Waals surface area contributed by atoms with Gasteiger partial charge < -0.3 is 10.5 Å². The van der Waals surface area contributed by atoms with Crippen LogP contribution in [0.15, 0.2) is 66.7 Å². The molecule has 3 aromatic carbocycles. The fourth-order valence-corrected chi connectivity index (χ4v) is 2.57. The first-order valence-corrected chi connectivity index (χ1v) is 8.00. The standard InChI is InChI=1S/C20H17ClFNO.ClH/c21-18-9-7-16(11-19(18)22)17-8-6-15(12-23)10-20(17)24-13-14-4-2-1-3-5-14;/h1-11H,12-13,23H2;1H. The molecule has 0 spiro atoms. The Bertz CT molecular complexity index is 840. The summed E-state index contributed by atoms with van der Waals surface area (Å²) in [5, 5.41) is 0.101. The molecule has 5 heteroatoms. The van der Waals surface area contributed by atoms with Crippen LogP contribution in [0, 0.1) is 5.82 Å². The maximum Gasteiger partial charge on any atom is 0.142 e. The van der Waals surface area contributed by atoms with Crippen molar-refractivity contribution in [2.75, 3.05) is 0 Å². The highest BCUT2D eigenvalue weighted by Gasteiger charge is 2.10. The molecule has 0 saturated carbocycles. The van der Waals surface area contributed by atoms with E-state index in [0.29, 0.717) is 24.5 Å². The first-order valence-electron chi connectivity index (χ1n) is 7.62. The van der Waals surface area contributed by atoms with E-state index in [9.17, 15) is 4.39 Å². The highest BCUT2D eigenvalue weighted by molar-refractivity contribution is 6.30. The highest BCUT2D eigenvalue weighted by Crippen LogP contribution is 2.33. The van der Waals surface area contributed by atoms with Gasteiger partial charge in [0.25, 0.3) is 0 Å². The number of benzene rings is 3. The lowest BCUT2D eigenvalue weighted by molar-refractivity contribution is 0.307. The molecule has 0 aliphatic heterocycles. The molecular weight excluding hydrogens is 360 g/mol. The molecule has 0 unspecified atom stereocenters. The molecule has 0 saturated heterocycles. The average Bonchev–Trinajstić information content (AvgIpc) is 2.63. The van der Waals surface area contributed by atoms with Gasteiger partial charge in [-0.15, -0.1) is 12.4 Å². The van der Waals surface area contributed by atoms with Gasteiger partial charge in [-0.25, -0.2) is 4.39 Å². The molecule has 3 aromatic rings. The maximum absolute atomic E-state index is 13.8. The van der Waals surface area contributed by atoms with Crippen LogP contribution in [0.25, 0.3) is 11.1 Å². The maximum atomic E-state index is 13.8. The SMILES string of the molecule is Cl.NCc1ccc(-c2ccc(Cl)c(F)c2)c(OCc2ccccc2)c1. The van der Waals surface area contributed by atoms with Crippen LogP contribution in [0.5, 0.6) is 5.75 Å². The fourth-order valence-electron chi connectivity index (χ4n) is 2.45. The summed E-state index contributed by atoms with van der Waals surface area (Å²) in [6.45, 7) is 0.842. The third-order valence-corrected chi connectivity index (χ3v) is 4.06. The van der Waals surface area contributed by atoms with E-state index >= 15 is 0 Å². The molecule has 25 heavy (non-hydrogen) atoms. The third kappa shape index (κ3) is 4.73. The Morgan fingerprint density at radius 2 is 1.68 bits per heavy atom. The summed E-state index contributed by atoms with van der Waals surface area (Å²) in [7, 11) is 0. The Kier molecular flexibility index (Phi) is 6.82. The Morgan fingerprint density at radius 3 is 2.36 bits per heavy atom. The van der Waals surface area contributed by atoms with Crippen LogP contribution < -0.4 is 10.5 Å². The normalized spacial score (nSPS) is 10.2. The second-order valence-corrected chi connectivity index (χ2v) is 5.84. The highest BCUT2D eigenvalue weighted by atomic mass is 35.5. The van der Waals surface area contributed by atoms with E-state index < -0.39 is 5.82 Å². The third-order valence-electron chi connectivity index (χ3n) is 3.75. The van der Waals surface area contributed by atoms with Crippen LogP contribution in [0.4, 0.5) is 4.39 Å². The molecule has 0 bridgehead atoms. The predicted molar refractivity (Wildman–Crippen MR) is 103 cm³/mol. The van der Waals surface area contributed by atoms with Crippen LogP contribution in [0.1, 0.15) is 11.1 Å². The summed E-state index contributed by atoms with van der Waals surface area (Å²) in [5.41, 5.74) is 9.26. The van der Waals surface area contributed by atoms with Gasteiger partial charge in [-0.05, 0) is 34.9 Å². The minimum absolute atomic E-state index is 0. The minimum atomic E-state index is -0.453. The Morgan fingerprint density at radius 1 is 0.920 bits per heavy atom. The summed E-state index contributed by atoms with van der Waals surface area (Å²) in [4.78, 5) is 0. The molecule has 3 rings (SSSR count). The molecule has 0 radical (unpaired) electrons. The number of ether oxygens (including phenoxy) is 1. The van der Waals surface area contributed by atoms with Crippen molar-refractivity contribution in [3.05, 3.63) is 88.7 Å². The van der Waals surface area contributed by atoms with E-state index in [0.717, 1.165) is 16.7 Å². The largest absolute Gasteiger partial charge is 0.488 e. The Hall–Kier alpha value is -2.07. The Balaban J connectivity index is 0.00000225. The van der Waals surface area contributed by atoms with Gasteiger partial charge in [0.1, 0.15) is 18.2 Å². The molecule has 0 fully saturated rings. The number of rotatable bonds is 5. The zero-order valence-corrected chi connectivity index (χ0v) is 15.0. The number of hydrogen-bond donors (Lipinski definition) is 1. The van der Waals surface area contributed by atoms with E-state index in [1.165, 1.54) is 6.07 Å². The van der Waals surface area contributed by atoms with Gasteiger partial charge in [0.05, 0.1) is 5.02 Å². The van der Waals surface area contributed by atoms with Crippen molar-refractivity contribution < 1.29 is 9.13 Å². The summed E-state index contributed by atoms with van der Waals surface area (Å²) in [6.07, 6.45) is 0. The average molecular weight is 378 g/mol. The lowest BCUT2D eigenvalue weighted by Crippen LogP contribution is -2.01. The van der Waals surface area contributed by atoms with E-state index in [-0.39, 0.29) is 17.4 Å². The molecule has 0 atom stereocenters. The van der Waals surface area contributed by atoms with Gasteiger partial charge in [-0.1, -0.05) is 60.1 Å². The molecular formula is C20H18Cl2FNO. The zero-order chi connectivity index (χ0) is 16.9. The summed E-state index contributed by atoms with van der Waals surface area (Å²) < 4.78 is 19.8. The van der Waals surface area contributed by atoms with Gasteiger partial charge in [0.2, 0.25) is 0 Å². The molecule has 0 heterocycles. The van der Waals surface area contributed by atoms with Gasteiger partial charge in [-0.2, -0.15) is 0 Å². The number of nitrogens with two attached hydrogens (primary N) is 1. The summed E-state index contributed by atoms with van der Waals surface area (Å²) >= 11 is 5.77. The monoisotopic (exact) mass is 377 g/mol. The molecule has 2 nitrogen and oxygen atoms in total. The van der Waals surface area contributed by atoms with Gasteiger partial charge in [0, 0.05) is 12.1 Å². The zero-order valence-electron chi connectivity index (χ0n) is 13.4. The smallest absolute Gasteiger partial charge is 0.142 e. The first-order chi connectivity index (χ1) is 11.7. The molecule has 0 aromatic heterocycles. The topological polar surface area (TPSA) is 35.2 Å². The Labute approximate surface area is 157 Å². The van der Waals surface area contributed by atoms with Crippen LogP contribution in [-0.4, -0.2) is 0 Å². The van der Waals surface area contributed by atoms with Crippen LogP contribution in [0.2, 0.25) is 5.02 Å². The van der Waals surface area contributed by atoms with Crippen molar-refractivity contribution in [1.82, 2.24) is 0 Å². The van der Waals surface area contributed by atoms with Crippen LogP contribution in [0.3, 0.4) is 0 Å². The number of halogens is 3. The second-order valence-electron chi connectivity index (χ2n) is 5.44. The minimum Gasteiger partial charge on any atom is -0.488 e. The summed E-state index contributed by atoms with van der Waals surface area (Å²) in [5.74, 6) is 0.217. The van der Waals surface area contributed by atoms with Crippen LogP contribution >= 0.6 is 24.0 Å². The van der Waals surface area contributed by atoms with E-state index in [1.54, 1.807) is 12.1 Å². The van der Waals surface area contributed by atoms with Gasteiger partial charge >= 0.3 is 0 Å². The first kappa shape index (κ1) is 19.3. The van der Waals surface area contributed by atoms with Crippen molar-refractivity contribution >= 4 is 24.0 Å². The number of hydrogen-bond acceptors (Lipinski definition) is 2. The summed E-state index contributed by atoms with van der Waals surface area (Å²) in [6, 6.07) is 20.3. The van der Waals surface area contributed by atoms with Crippen molar-refractivity contribution in [3.63, 3.8) is 0 Å². The van der Waals surface area contributed by atoms with E-state index in [2.05, 4.69) is 0 Å². The van der Waals surface area contributed by atoms with E-state index in [1.807, 2.05) is 48.5 Å². The van der Waals surface area contributed by atoms with Crippen molar-refractivity contribution in [1.29, 1.82) is 0 Å². The molecule has 0 aliphatic carbocycles. The van der Waals surface area contributed by atoms with Crippen molar-refractivity contribution in [3.8, 4) is 16.9 Å². The molecule has 0 amide bonds. The van der Waals surface area contributed by atoms with Gasteiger partial charge in [0.15, 0.2) is 0 Å². The molecule has 0 aliphatic rings. The second kappa shape index (κ2) is 8.86. The lowest BCUT2D eigenvalue weighted by Gasteiger charge is -2.14. The fraction of sp³-hybridized carbons (Fsp3) is 0.100.